The lowest BCUT2D eigenvalue weighted by molar-refractivity contribution is -0.120. The van der Waals surface area contributed by atoms with E-state index in [1.54, 1.807) is 17.7 Å². The largest absolute Gasteiger partial charge is 0.353 e. The summed E-state index contributed by atoms with van der Waals surface area (Å²) in [7, 11) is 0. The van der Waals surface area contributed by atoms with E-state index in [2.05, 4.69) is 29.1 Å². The quantitative estimate of drug-likeness (QED) is 0.840. The molecular formula is C12H14N4OS. The van der Waals surface area contributed by atoms with E-state index in [1.165, 1.54) is 10.4 Å². The van der Waals surface area contributed by atoms with E-state index in [9.17, 15) is 4.79 Å². The molecule has 0 spiro atoms. The molecule has 6 heteroatoms. The lowest BCUT2D eigenvalue weighted by atomic mass is 10.2. The minimum atomic E-state index is 0.0533. The number of piperazine rings is 1. The van der Waals surface area contributed by atoms with E-state index in [0.717, 1.165) is 22.6 Å². The summed E-state index contributed by atoms with van der Waals surface area (Å²) in [5.74, 6) is 0.939. The fourth-order valence-corrected chi connectivity index (χ4v) is 3.21. The zero-order chi connectivity index (χ0) is 12.7. The van der Waals surface area contributed by atoms with Crippen LogP contribution in [0.15, 0.2) is 6.33 Å². The van der Waals surface area contributed by atoms with Crippen LogP contribution in [0.3, 0.4) is 0 Å². The Morgan fingerprint density at radius 3 is 3.00 bits per heavy atom. The zero-order valence-corrected chi connectivity index (χ0v) is 11.2. The summed E-state index contributed by atoms with van der Waals surface area (Å²) in [5, 5.41) is 3.92. The number of fused-ring (bicyclic) bond motifs is 1. The first-order valence-corrected chi connectivity index (χ1v) is 6.71. The molecule has 1 N–H and O–H groups in total. The predicted molar refractivity (Wildman–Crippen MR) is 72.1 cm³/mol. The highest BCUT2D eigenvalue weighted by Gasteiger charge is 2.21. The van der Waals surface area contributed by atoms with E-state index < -0.39 is 0 Å². The Kier molecular flexibility index (Phi) is 2.66. The summed E-state index contributed by atoms with van der Waals surface area (Å²) in [6, 6.07) is 0. The van der Waals surface area contributed by atoms with Crippen LogP contribution in [0.25, 0.3) is 10.2 Å². The van der Waals surface area contributed by atoms with E-state index in [4.69, 9.17) is 0 Å². The van der Waals surface area contributed by atoms with Crippen LogP contribution in [-0.2, 0) is 4.79 Å². The van der Waals surface area contributed by atoms with Gasteiger partial charge in [-0.3, -0.25) is 4.79 Å². The van der Waals surface area contributed by atoms with Crippen LogP contribution in [0.5, 0.6) is 0 Å². The first-order valence-electron chi connectivity index (χ1n) is 5.89. The molecule has 18 heavy (non-hydrogen) atoms. The first kappa shape index (κ1) is 11.4. The van der Waals surface area contributed by atoms with Crippen molar-refractivity contribution in [1.29, 1.82) is 0 Å². The molecular weight excluding hydrogens is 248 g/mol. The summed E-state index contributed by atoms with van der Waals surface area (Å²) in [6.45, 7) is 6.03. The molecule has 0 aromatic carbocycles. The minimum absolute atomic E-state index is 0.0533. The van der Waals surface area contributed by atoms with Gasteiger partial charge in [0.25, 0.3) is 0 Å². The highest BCUT2D eigenvalue weighted by molar-refractivity contribution is 7.18. The molecule has 3 heterocycles. The van der Waals surface area contributed by atoms with E-state index in [-0.39, 0.29) is 5.91 Å². The van der Waals surface area contributed by atoms with Crippen molar-refractivity contribution in [2.24, 2.45) is 0 Å². The van der Waals surface area contributed by atoms with E-state index in [1.807, 2.05) is 4.90 Å². The summed E-state index contributed by atoms with van der Waals surface area (Å²) < 4.78 is 0. The molecule has 0 saturated carbocycles. The average molecular weight is 262 g/mol. The second kappa shape index (κ2) is 4.20. The van der Waals surface area contributed by atoms with Gasteiger partial charge in [0.15, 0.2) is 0 Å². The highest BCUT2D eigenvalue weighted by atomic mass is 32.1. The van der Waals surface area contributed by atoms with Gasteiger partial charge in [-0.2, -0.15) is 0 Å². The van der Waals surface area contributed by atoms with Crippen LogP contribution >= 0.6 is 11.3 Å². The predicted octanol–water partition coefficient (Wildman–Crippen LogP) is 1.24. The summed E-state index contributed by atoms with van der Waals surface area (Å²) in [6.07, 6.45) is 1.58. The number of nitrogens with zero attached hydrogens (tertiary/aromatic N) is 3. The molecule has 3 rings (SSSR count). The first-order chi connectivity index (χ1) is 8.66. The number of hydrogen-bond acceptors (Lipinski definition) is 5. The number of aromatic nitrogens is 2. The van der Waals surface area contributed by atoms with Crippen molar-refractivity contribution in [2.75, 3.05) is 24.5 Å². The smallest absolute Gasteiger partial charge is 0.239 e. The van der Waals surface area contributed by atoms with Crippen LogP contribution in [0, 0.1) is 13.8 Å². The maximum Gasteiger partial charge on any atom is 0.239 e. The standard InChI is InChI=1S/C12H14N4OS/c1-7-8(2)18-12-10(7)11(14-6-15-12)16-4-3-13-9(17)5-16/h6H,3-5H2,1-2H3,(H,13,17). The number of carbonyl (C=O) groups is 1. The molecule has 0 atom stereocenters. The molecule has 1 aliphatic heterocycles. The Labute approximate surface area is 109 Å². The zero-order valence-electron chi connectivity index (χ0n) is 10.4. The van der Waals surface area contributed by atoms with Crippen molar-refractivity contribution >= 4 is 33.3 Å². The number of hydrogen-bond donors (Lipinski definition) is 1. The Balaban J connectivity index is 2.13. The average Bonchev–Trinajstić information content (AvgIpc) is 2.65. The van der Waals surface area contributed by atoms with Gasteiger partial charge in [-0.25, -0.2) is 9.97 Å². The topological polar surface area (TPSA) is 58.1 Å². The van der Waals surface area contributed by atoms with Gasteiger partial charge in [-0.05, 0) is 19.4 Å². The SMILES string of the molecule is Cc1sc2ncnc(N3CCNC(=O)C3)c2c1C. The van der Waals surface area contributed by atoms with Crippen molar-refractivity contribution in [3.63, 3.8) is 0 Å². The lowest BCUT2D eigenvalue weighted by Gasteiger charge is -2.28. The van der Waals surface area contributed by atoms with Gasteiger partial charge in [0.1, 0.15) is 17.0 Å². The fraction of sp³-hybridized carbons (Fsp3) is 0.417. The lowest BCUT2D eigenvalue weighted by Crippen LogP contribution is -2.48. The van der Waals surface area contributed by atoms with E-state index in [0.29, 0.717) is 13.1 Å². The number of rotatable bonds is 1. The molecule has 0 radical (unpaired) electrons. The van der Waals surface area contributed by atoms with Crippen molar-refractivity contribution in [2.45, 2.75) is 13.8 Å². The van der Waals surface area contributed by atoms with Crippen molar-refractivity contribution in [1.82, 2.24) is 15.3 Å². The monoisotopic (exact) mass is 262 g/mol. The van der Waals surface area contributed by atoms with Crippen molar-refractivity contribution in [3.05, 3.63) is 16.8 Å². The van der Waals surface area contributed by atoms with Gasteiger partial charge >= 0.3 is 0 Å². The maximum absolute atomic E-state index is 11.5. The molecule has 2 aromatic heterocycles. The normalized spacial score (nSPS) is 16.1. The maximum atomic E-state index is 11.5. The second-order valence-electron chi connectivity index (χ2n) is 4.43. The Morgan fingerprint density at radius 1 is 1.39 bits per heavy atom. The number of aryl methyl sites for hydroxylation is 2. The summed E-state index contributed by atoms with van der Waals surface area (Å²) in [5.41, 5.74) is 1.22. The molecule has 94 valence electrons. The van der Waals surface area contributed by atoms with Gasteiger partial charge in [-0.1, -0.05) is 0 Å². The number of anilines is 1. The number of carbonyl (C=O) groups excluding carboxylic acids is 1. The Bertz CT molecular complexity index is 622. The molecule has 1 aliphatic rings. The molecule has 1 saturated heterocycles. The van der Waals surface area contributed by atoms with Gasteiger partial charge in [0.2, 0.25) is 5.91 Å². The van der Waals surface area contributed by atoms with Gasteiger partial charge in [0.05, 0.1) is 11.9 Å². The highest BCUT2D eigenvalue weighted by Crippen LogP contribution is 2.34. The van der Waals surface area contributed by atoms with E-state index >= 15 is 0 Å². The third kappa shape index (κ3) is 1.73. The third-order valence-electron chi connectivity index (χ3n) is 3.28. The molecule has 1 amide bonds. The van der Waals surface area contributed by atoms with Gasteiger partial charge in [0, 0.05) is 18.0 Å². The fourth-order valence-electron chi connectivity index (χ4n) is 2.22. The third-order valence-corrected chi connectivity index (χ3v) is 4.40. The molecule has 0 bridgehead atoms. The van der Waals surface area contributed by atoms with Crippen LogP contribution in [0.4, 0.5) is 5.82 Å². The van der Waals surface area contributed by atoms with Crippen LogP contribution in [0.1, 0.15) is 10.4 Å². The molecule has 0 aliphatic carbocycles. The molecule has 0 unspecified atom stereocenters. The molecule has 1 fully saturated rings. The Morgan fingerprint density at radius 2 is 2.22 bits per heavy atom. The number of nitrogens with one attached hydrogen (secondary N) is 1. The van der Waals surface area contributed by atoms with Crippen molar-refractivity contribution < 1.29 is 4.79 Å². The number of amides is 1. The van der Waals surface area contributed by atoms with Gasteiger partial charge < -0.3 is 10.2 Å². The van der Waals surface area contributed by atoms with Crippen LogP contribution in [-0.4, -0.2) is 35.5 Å². The van der Waals surface area contributed by atoms with Gasteiger partial charge in [-0.15, -0.1) is 11.3 Å². The second-order valence-corrected chi connectivity index (χ2v) is 5.64. The summed E-state index contributed by atoms with van der Waals surface area (Å²) in [4.78, 5) is 24.5. The number of thiophene rings is 1. The van der Waals surface area contributed by atoms with Crippen LogP contribution in [0.2, 0.25) is 0 Å². The minimum Gasteiger partial charge on any atom is -0.353 e. The van der Waals surface area contributed by atoms with Crippen molar-refractivity contribution in [3.8, 4) is 0 Å². The Hall–Kier alpha value is -1.69. The summed E-state index contributed by atoms with van der Waals surface area (Å²) >= 11 is 1.68. The van der Waals surface area contributed by atoms with Crippen LogP contribution < -0.4 is 10.2 Å². The molecule has 2 aromatic rings. The molecule has 5 nitrogen and oxygen atoms in total.